The second-order valence-corrected chi connectivity index (χ2v) is 8.37. The van der Waals surface area contributed by atoms with Crippen LogP contribution in [0.4, 0.5) is 28.0 Å². The predicted octanol–water partition coefficient (Wildman–Crippen LogP) is 2.53. The Morgan fingerprint density at radius 1 is 1.35 bits per heavy atom. The largest absolute Gasteiger partial charge is 0.444 e. The highest BCUT2D eigenvalue weighted by Crippen LogP contribution is 2.51. The van der Waals surface area contributed by atoms with E-state index in [-0.39, 0.29) is 11.3 Å². The Labute approximate surface area is 175 Å². The highest BCUT2D eigenvalue weighted by Gasteiger charge is 2.66. The monoisotopic (exact) mass is 446 g/mol. The molecule has 0 aromatic heterocycles. The van der Waals surface area contributed by atoms with Crippen molar-refractivity contribution in [2.45, 2.75) is 44.2 Å². The van der Waals surface area contributed by atoms with Crippen LogP contribution in [0.25, 0.3) is 0 Å². The molecule has 12 heteroatoms. The lowest BCUT2D eigenvalue weighted by atomic mass is 9.76. The number of fused-ring (bicyclic) bond motifs is 1. The van der Waals surface area contributed by atoms with Crippen molar-refractivity contribution in [3.8, 4) is 0 Å². The molecule has 0 bridgehead atoms. The van der Waals surface area contributed by atoms with Crippen LogP contribution in [0.3, 0.4) is 0 Å². The lowest BCUT2D eigenvalue weighted by Gasteiger charge is -2.40. The van der Waals surface area contributed by atoms with Gasteiger partial charge in [-0.3, -0.25) is 15.0 Å². The number of rotatable bonds is 1. The van der Waals surface area contributed by atoms with Crippen molar-refractivity contribution in [3.05, 3.63) is 29.6 Å². The van der Waals surface area contributed by atoms with Crippen molar-refractivity contribution in [1.82, 2.24) is 10.2 Å². The Morgan fingerprint density at radius 2 is 2.00 bits per heavy atom. The van der Waals surface area contributed by atoms with Crippen LogP contribution in [0.15, 0.2) is 23.2 Å². The van der Waals surface area contributed by atoms with Gasteiger partial charge in [0.05, 0.1) is 6.61 Å². The lowest BCUT2D eigenvalue weighted by Crippen LogP contribution is -2.59. The van der Waals surface area contributed by atoms with Crippen LogP contribution in [-0.4, -0.2) is 54.4 Å². The standard InChI is InChI=1S/C19H22F4N4O4/c1-17(2,3)31-16(29)25-15-26-18(10-7-9(24)5-6-11(10)20)8-30-13(19(21,22)23)12(18)14(28)27(15)4/h5-7,12-13H,8,24H2,1-4H3,(H,25,26,29). The van der Waals surface area contributed by atoms with E-state index in [0.29, 0.717) is 0 Å². The van der Waals surface area contributed by atoms with Crippen molar-refractivity contribution < 1.29 is 36.6 Å². The van der Waals surface area contributed by atoms with E-state index in [9.17, 15) is 27.2 Å². The van der Waals surface area contributed by atoms with E-state index in [1.54, 1.807) is 20.8 Å². The average Bonchev–Trinajstić information content (AvgIpc) is 3.00. The number of alkyl halides is 3. The van der Waals surface area contributed by atoms with Gasteiger partial charge in [-0.05, 0) is 39.0 Å². The molecule has 3 rings (SSSR count). The molecule has 0 spiro atoms. The maximum Gasteiger partial charge on any atom is 0.415 e. The van der Waals surface area contributed by atoms with Gasteiger partial charge in [-0.25, -0.2) is 14.2 Å². The van der Waals surface area contributed by atoms with Gasteiger partial charge in [0.2, 0.25) is 11.9 Å². The van der Waals surface area contributed by atoms with E-state index in [0.717, 1.165) is 24.1 Å². The fraction of sp³-hybridized carbons (Fsp3) is 0.526. The van der Waals surface area contributed by atoms with Crippen LogP contribution in [-0.2, 0) is 19.8 Å². The Balaban J connectivity index is 2.16. The van der Waals surface area contributed by atoms with E-state index < -0.39 is 59.7 Å². The first-order chi connectivity index (χ1) is 14.2. The summed E-state index contributed by atoms with van der Waals surface area (Å²) in [4.78, 5) is 30.2. The summed E-state index contributed by atoms with van der Waals surface area (Å²) in [7, 11) is 1.14. The van der Waals surface area contributed by atoms with Crippen molar-refractivity contribution in [2.24, 2.45) is 10.9 Å². The lowest BCUT2D eigenvalue weighted by molar-refractivity contribution is -0.218. The number of benzene rings is 1. The molecule has 170 valence electrons. The van der Waals surface area contributed by atoms with Crippen LogP contribution in [0.2, 0.25) is 0 Å². The molecular weight excluding hydrogens is 424 g/mol. The van der Waals surface area contributed by atoms with E-state index >= 15 is 0 Å². The smallest absolute Gasteiger partial charge is 0.415 e. The molecule has 0 radical (unpaired) electrons. The van der Waals surface area contributed by atoms with Crippen LogP contribution >= 0.6 is 0 Å². The molecule has 2 amide bonds. The van der Waals surface area contributed by atoms with Crippen LogP contribution in [0, 0.1) is 11.7 Å². The number of nitrogens with zero attached hydrogens (tertiary/aromatic N) is 2. The molecule has 0 aliphatic carbocycles. The number of nitrogen functional groups attached to an aromatic ring is 1. The van der Waals surface area contributed by atoms with E-state index in [1.807, 2.05) is 0 Å². The van der Waals surface area contributed by atoms with E-state index in [4.69, 9.17) is 15.2 Å². The minimum atomic E-state index is -4.91. The molecule has 3 atom stereocenters. The summed E-state index contributed by atoms with van der Waals surface area (Å²) in [5.74, 6) is -4.28. The van der Waals surface area contributed by atoms with Crippen molar-refractivity contribution in [2.75, 3.05) is 19.4 Å². The number of amides is 2. The van der Waals surface area contributed by atoms with Gasteiger partial charge in [0, 0.05) is 18.3 Å². The van der Waals surface area contributed by atoms with Crippen molar-refractivity contribution in [3.63, 3.8) is 0 Å². The summed E-state index contributed by atoms with van der Waals surface area (Å²) in [5.41, 5.74) is 2.46. The summed E-state index contributed by atoms with van der Waals surface area (Å²) in [6.07, 6.45) is -8.42. The van der Waals surface area contributed by atoms with Gasteiger partial charge < -0.3 is 15.2 Å². The second kappa shape index (κ2) is 7.36. The van der Waals surface area contributed by atoms with Crippen molar-refractivity contribution in [1.29, 1.82) is 0 Å². The van der Waals surface area contributed by atoms with Gasteiger partial charge in [0.25, 0.3) is 0 Å². The fourth-order valence-corrected chi connectivity index (χ4v) is 3.64. The Bertz CT molecular complexity index is 944. The topological polar surface area (TPSA) is 106 Å². The maximum atomic E-state index is 14.7. The maximum absolute atomic E-state index is 14.7. The molecule has 1 fully saturated rings. The molecule has 31 heavy (non-hydrogen) atoms. The second-order valence-electron chi connectivity index (χ2n) is 8.37. The number of anilines is 1. The summed E-state index contributed by atoms with van der Waals surface area (Å²) in [6.45, 7) is 4.05. The molecule has 1 saturated heterocycles. The van der Waals surface area contributed by atoms with Gasteiger partial charge in [-0.15, -0.1) is 0 Å². The SMILES string of the molecule is CN1C(=O)C2C(C(F)(F)F)OCC2(c2cc(N)ccc2F)N=C1NC(=O)OC(C)(C)C. The molecule has 3 unspecified atom stereocenters. The van der Waals surface area contributed by atoms with Crippen molar-refractivity contribution >= 4 is 23.6 Å². The summed E-state index contributed by atoms with van der Waals surface area (Å²) in [6, 6.07) is 3.30. The highest BCUT2D eigenvalue weighted by atomic mass is 19.4. The van der Waals surface area contributed by atoms with Gasteiger partial charge in [0.1, 0.15) is 22.9 Å². The number of guanidine groups is 1. The number of hydrogen-bond acceptors (Lipinski definition) is 6. The Kier molecular flexibility index (Phi) is 5.41. The number of hydrogen-bond donors (Lipinski definition) is 2. The van der Waals surface area contributed by atoms with Crippen LogP contribution in [0.5, 0.6) is 0 Å². The number of nitrogens with two attached hydrogens (primary N) is 1. The Morgan fingerprint density at radius 3 is 2.58 bits per heavy atom. The summed E-state index contributed by atoms with van der Waals surface area (Å²) < 4.78 is 65.7. The Hall–Kier alpha value is -2.89. The molecule has 1 aromatic rings. The van der Waals surface area contributed by atoms with Crippen LogP contribution < -0.4 is 11.1 Å². The van der Waals surface area contributed by atoms with E-state index in [1.165, 1.54) is 6.07 Å². The minimum Gasteiger partial charge on any atom is -0.444 e. The number of carbonyl (C=O) groups is 2. The molecule has 1 aromatic carbocycles. The molecule has 2 aliphatic heterocycles. The molecular formula is C19H22F4N4O4. The fourth-order valence-electron chi connectivity index (χ4n) is 3.64. The first kappa shape index (κ1) is 22.8. The third kappa shape index (κ3) is 4.16. The zero-order valence-electron chi connectivity index (χ0n) is 17.2. The minimum absolute atomic E-state index is 0.0585. The van der Waals surface area contributed by atoms with Gasteiger partial charge >= 0.3 is 12.3 Å². The number of halogens is 4. The average molecular weight is 446 g/mol. The summed E-state index contributed by atoms with van der Waals surface area (Å²) in [5, 5.41) is 2.25. The number of carbonyl (C=O) groups excluding carboxylic acids is 2. The number of alkyl carbamates (subject to hydrolysis) is 1. The van der Waals surface area contributed by atoms with E-state index in [2.05, 4.69) is 10.3 Å². The van der Waals surface area contributed by atoms with Crippen LogP contribution in [0.1, 0.15) is 26.3 Å². The number of nitrogens with one attached hydrogen (secondary N) is 1. The number of ether oxygens (including phenoxy) is 2. The van der Waals surface area contributed by atoms with Gasteiger partial charge in [0.15, 0.2) is 6.10 Å². The van der Waals surface area contributed by atoms with Gasteiger partial charge in [-0.2, -0.15) is 13.2 Å². The first-order valence-electron chi connectivity index (χ1n) is 9.27. The third-order valence-corrected chi connectivity index (χ3v) is 4.91. The zero-order valence-corrected chi connectivity index (χ0v) is 17.2. The van der Waals surface area contributed by atoms with Gasteiger partial charge in [-0.1, -0.05) is 0 Å². The third-order valence-electron chi connectivity index (χ3n) is 4.91. The summed E-state index contributed by atoms with van der Waals surface area (Å²) >= 11 is 0. The zero-order chi connectivity index (χ0) is 23.4. The highest BCUT2D eigenvalue weighted by molar-refractivity contribution is 6.06. The molecule has 8 nitrogen and oxygen atoms in total. The number of aliphatic imine (C=N–C) groups is 1. The molecule has 2 aliphatic rings. The predicted molar refractivity (Wildman–Crippen MR) is 101 cm³/mol. The first-order valence-corrected chi connectivity index (χ1v) is 9.27. The quantitative estimate of drug-likeness (QED) is 0.510. The molecule has 3 N–H and O–H groups in total. The molecule has 2 heterocycles. The molecule has 0 saturated carbocycles. The normalized spacial score (nSPS) is 26.4.